The molecule has 0 radical (unpaired) electrons. The third kappa shape index (κ3) is 2.80. The first kappa shape index (κ1) is 15.5. The number of benzene rings is 1. The molecule has 0 aromatic heterocycles. The molecule has 2 N–H and O–H groups in total. The smallest absolute Gasteiger partial charge is 0.123 e. The summed E-state index contributed by atoms with van der Waals surface area (Å²) in [5.74, 6) is 4.05. The second kappa shape index (κ2) is 5.81. The van der Waals surface area contributed by atoms with Crippen LogP contribution in [-0.4, -0.2) is 12.6 Å². The standard InChI is InChI=1S/C21H31NO/c1-14(2)23-20-10-15(5-6-22)3-4-19(20)21-11-16-7-17(12-21)9-18(8-16)13-21/h3-4,10,14,16-18H,5-9,11-13,22H2,1-2H3. The Bertz CT molecular complexity index is 542. The number of hydrogen-bond donors (Lipinski definition) is 1. The predicted octanol–water partition coefficient (Wildman–Crippen LogP) is 4.44. The Hall–Kier alpha value is -1.02. The Balaban J connectivity index is 1.72. The van der Waals surface area contributed by atoms with E-state index in [1.54, 1.807) is 0 Å². The maximum Gasteiger partial charge on any atom is 0.123 e. The molecule has 0 heterocycles. The summed E-state index contributed by atoms with van der Waals surface area (Å²) < 4.78 is 6.28. The normalized spacial score (nSPS) is 35.0. The fourth-order valence-electron chi connectivity index (χ4n) is 6.12. The maximum atomic E-state index is 6.28. The quantitative estimate of drug-likeness (QED) is 0.872. The average molecular weight is 313 g/mol. The first-order chi connectivity index (χ1) is 11.1. The summed E-state index contributed by atoms with van der Waals surface area (Å²) in [4.78, 5) is 0. The lowest BCUT2D eigenvalue weighted by molar-refractivity contribution is -0.00671. The van der Waals surface area contributed by atoms with Crippen molar-refractivity contribution in [2.75, 3.05) is 6.54 Å². The number of rotatable bonds is 5. The van der Waals surface area contributed by atoms with Crippen molar-refractivity contribution < 1.29 is 4.74 Å². The molecule has 2 heteroatoms. The summed E-state index contributed by atoms with van der Waals surface area (Å²) in [7, 11) is 0. The van der Waals surface area contributed by atoms with Crippen molar-refractivity contribution in [3.8, 4) is 5.75 Å². The molecule has 1 aromatic carbocycles. The second-order valence-corrected chi connectivity index (χ2v) is 8.73. The topological polar surface area (TPSA) is 35.2 Å². The van der Waals surface area contributed by atoms with Crippen molar-refractivity contribution in [2.24, 2.45) is 23.5 Å². The highest BCUT2D eigenvalue weighted by atomic mass is 16.5. The highest BCUT2D eigenvalue weighted by Gasteiger charge is 2.52. The van der Waals surface area contributed by atoms with Gasteiger partial charge in [0.2, 0.25) is 0 Å². The third-order valence-corrected chi connectivity index (χ3v) is 6.45. The average Bonchev–Trinajstić information content (AvgIpc) is 2.45. The Morgan fingerprint density at radius 2 is 1.70 bits per heavy atom. The zero-order valence-electron chi connectivity index (χ0n) is 14.7. The van der Waals surface area contributed by atoms with Crippen molar-refractivity contribution in [3.05, 3.63) is 29.3 Å². The van der Waals surface area contributed by atoms with Crippen molar-refractivity contribution in [1.29, 1.82) is 0 Å². The van der Waals surface area contributed by atoms with Gasteiger partial charge in [-0.15, -0.1) is 0 Å². The summed E-state index contributed by atoms with van der Waals surface area (Å²) in [6.45, 7) is 4.98. The van der Waals surface area contributed by atoms with E-state index in [1.807, 2.05) is 0 Å². The van der Waals surface area contributed by atoms with Crippen LogP contribution in [0.1, 0.15) is 63.5 Å². The van der Waals surface area contributed by atoms with E-state index in [9.17, 15) is 0 Å². The van der Waals surface area contributed by atoms with E-state index in [4.69, 9.17) is 10.5 Å². The molecule has 5 rings (SSSR count). The van der Waals surface area contributed by atoms with Crippen LogP contribution >= 0.6 is 0 Å². The van der Waals surface area contributed by atoms with Gasteiger partial charge in [0.15, 0.2) is 0 Å². The molecule has 4 bridgehead atoms. The van der Waals surface area contributed by atoms with Crippen LogP contribution in [-0.2, 0) is 11.8 Å². The molecule has 4 saturated carbocycles. The minimum absolute atomic E-state index is 0.232. The molecule has 1 aromatic rings. The van der Waals surface area contributed by atoms with E-state index in [1.165, 1.54) is 49.7 Å². The van der Waals surface area contributed by atoms with Crippen LogP contribution in [0.25, 0.3) is 0 Å². The van der Waals surface area contributed by atoms with Crippen molar-refractivity contribution in [1.82, 2.24) is 0 Å². The lowest BCUT2D eigenvalue weighted by Gasteiger charge is -2.57. The van der Waals surface area contributed by atoms with Gasteiger partial charge >= 0.3 is 0 Å². The molecule has 4 aliphatic carbocycles. The molecule has 0 saturated heterocycles. The number of hydrogen-bond acceptors (Lipinski definition) is 2. The Morgan fingerprint density at radius 1 is 1.09 bits per heavy atom. The fourth-order valence-corrected chi connectivity index (χ4v) is 6.12. The minimum Gasteiger partial charge on any atom is -0.491 e. The summed E-state index contributed by atoms with van der Waals surface area (Å²) in [6, 6.07) is 6.96. The Labute approximate surface area is 140 Å². The van der Waals surface area contributed by atoms with Gasteiger partial charge < -0.3 is 10.5 Å². The van der Waals surface area contributed by atoms with Crippen LogP contribution < -0.4 is 10.5 Å². The van der Waals surface area contributed by atoms with Crippen molar-refractivity contribution >= 4 is 0 Å². The molecule has 4 fully saturated rings. The number of nitrogens with two attached hydrogens (primary N) is 1. The van der Waals surface area contributed by atoms with Crippen LogP contribution in [0.15, 0.2) is 18.2 Å². The molecule has 23 heavy (non-hydrogen) atoms. The van der Waals surface area contributed by atoms with E-state index in [2.05, 4.69) is 32.0 Å². The van der Waals surface area contributed by atoms with Crippen LogP contribution in [0.2, 0.25) is 0 Å². The number of ether oxygens (including phenoxy) is 1. The SMILES string of the molecule is CC(C)Oc1cc(CCN)ccc1C12CC3CC(CC(C3)C1)C2. The molecule has 0 aliphatic heterocycles. The van der Waals surface area contributed by atoms with Gasteiger partial charge in [0.25, 0.3) is 0 Å². The van der Waals surface area contributed by atoms with Gasteiger partial charge in [-0.05, 0) is 100 Å². The van der Waals surface area contributed by atoms with Gasteiger partial charge in [-0.2, -0.15) is 0 Å². The lowest BCUT2D eigenvalue weighted by atomic mass is 9.48. The molecule has 4 aliphatic rings. The van der Waals surface area contributed by atoms with Gasteiger partial charge in [0.1, 0.15) is 5.75 Å². The van der Waals surface area contributed by atoms with Crippen molar-refractivity contribution in [2.45, 2.75) is 70.3 Å². The Morgan fingerprint density at radius 3 is 2.22 bits per heavy atom. The molecular weight excluding hydrogens is 282 g/mol. The Kier molecular flexibility index (Phi) is 3.91. The van der Waals surface area contributed by atoms with Crippen molar-refractivity contribution in [3.63, 3.8) is 0 Å². The van der Waals surface area contributed by atoms with Crippen LogP contribution in [0.4, 0.5) is 0 Å². The highest BCUT2D eigenvalue weighted by molar-refractivity contribution is 5.44. The first-order valence-corrected chi connectivity index (χ1v) is 9.58. The summed E-state index contributed by atoms with van der Waals surface area (Å²) >= 11 is 0. The van der Waals surface area contributed by atoms with Crippen LogP contribution in [0.3, 0.4) is 0 Å². The molecule has 0 spiro atoms. The minimum atomic E-state index is 0.232. The molecule has 0 unspecified atom stereocenters. The van der Waals surface area contributed by atoms with Gasteiger partial charge in [0.05, 0.1) is 6.10 Å². The predicted molar refractivity (Wildman–Crippen MR) is 94.8 cm³/mol. The highest BCUT2D eigenvalue weighted by Crippen LogP contribution is 2.61. The van der Waals surface area contributed by atoms with Gasteiger partial charge in [-0.3, -0.25) is 0 Å². The molecule has 0 atom stereocenters. The van der Waals surface area contributed by atoms with E-state index >= 15 is 0 Å². The first-order valence-electron chi connectivity index (χ1n) is 9.58. The van der Waals surface area contributed by atoms with E-state index in [0.717, 1.165) is 29.9 Å². The molecule has 0 amide bonds. The van der Waals surface area contributed by atoms with E-state index < -0.39 is 0 Å². The lowest BCUT2D eigenvalue weighted by Crippen LogP contribution is -2.48. The summed E-state index contributed by atoms with van der Waals surface area (Å²) in [5, 5.41) is 0. The van der Waals surface area contributed by atoms with Crippen LogP contribution in [0.5, 0.6) is 5.75 Å². The molecular formula is C21H31NO. The van der Waals surface area contributed by atoms with Crippen LogP contribution in [0, 0.1) is 17.8 Å². The maximum absolute atomic E-state index is 6.28. The molecule has 2 nitrogen and oxygen atoms in total. The van der Waals surface area contributed by atoms with Gasteiger partial charge in [-0.25, -0.2) is 0 Å². The van der Waals surface area contributed by atoms with Gasteiger partial charge in [-0.1, -0.05) is 12.1 Å². The zero-order chi connectivity index (χ0) is 16.0. The van der Waals surface area contributed by atoms with E-state index in [-0.39, 0.29) is 6.10 Å². The second-order valence-electron chi connectivity index (χ2n) is 8.73. The summed E-state index contributed by atoms with van der Waals surface area (Å²) in [6.07, 6.45) is 9.82. The summed E-state index contributed by atoms with van der Waals surface area (Å²) in [5.41, 5.74) is 8.98. The zero-order valence-corrected chi connectivity index (χ0v) is 14.7. The fraction of sp³-hybridized carbons (Fsp3) is 0.714. The van der Waals surface area contributed by atoms with E-state index in [0.29, 0.717) is 12.0 Å². The third-order valence-electron chi connectivity index (χ3n) is 6.45. The van der Waals surface area contributed by atoms with Gasteiger partial charge in [0, 0.05) is 5.56 Å². The monoisotopic (exact) mass is 313 g/mol. The molecule has 126 valence electrons. The largest absolute Gasteiger partial charge is 0.491 e.